The molecule has 1 aromatic rings. The topological polar surface area (TPSA) is 29.1 Å². The first-order valence-corrected chi connectivity index (χ1v) is 7.83. The number of hydrogen-bond acceptors (Lipinski definition) is 1. The van der Waals surface area contributed by atoms with Gasteiger partial charge in [0.1, 0.15) is 0 Å². The molecule has 0 aliphatic heterocycles. The van der Waals surface area contributed by atoms with Crippen LogP contribution in [0.4, 0.5) is 13.2 Å². The van der Waals surface area contributed by atoms with Gasteiger partial charge in [-0.05, 0) is 42.0 Å². The summed E-state index contributed by atoms with van der Waals surface area (Å²) in [6.07, 6.45) is -1.97. The van der Waals surface area contributed by atoms with E-state index in [1.807, 2.05) is 33.8 Å². The van der Waals surface area contributed by atoms with E-state index in [-0.39, 0.29) is 11.3 Å². The zero-order chi connectivity index (χ0) is 18.1. The van der Waals surface area contributed by atoms with Gasteiger partial charge < -0.3 is 5.32 Å². The molecule has 2 rings (SSSR count). The molecule has 0 unspecified atom stereocenters. The number of carbonyl (C=O) groups is 1. The first-order valence-electron chi connectivity index (χ1n) is 7.83. The third-order valence-electron chi connectivity index (χ3n) is 3.75. The van der Waals surface area contributed by atoms with Crippen molar-refractivity contribution in [1.82, 2.24) is 5.32 Å². The van der Waals surface area contributed by atoms with Gasteiger partial charge in [0.2, 0.25) is 5.91 Å². The summed E-state index contributed by atoms with van der Waals surface area (Å²) in [7, 11) is 0. The van der Waals surface area contributed by atoms with Crippen molar-refractivity contribution in [1.29, 1.82) is 0 Å². The second-order valence-corrected chi connectivity index (χ2v) is 7.38. The molecule has 130 valence electrons. The lowest BCUT2D eigenvalue weighted by molar-refractivity contribution is -0.137. The minimum atomic E-state index is -4.36. The standard InChI is InChI=1S/C19H22F3NO/c1-12-9-15(13-5-7-14(8-6-13)19(20,21)22)16(10-12)17(24)23-11-18(2,3)4/h5-9H,10-11H2,1-4H3,(H,23,24). The number of halogens is 3. The van der Waals surface area contributed by atoms with Gasteiger partial charge in [0.05, 0.1) is 5.56 Å². The Kier molecular flexibility index (Phi) is 4.92. The van der Waals surface area contributed by atoms with Crippen LogP contribution in [-0.4, -0.2) is 12.5 Å². The highest BCUT2D eigenvalue weighted by molar-refractivity contribution is 6.05. The Morgan fingerprint density at radius 3 is 2.21 bits per heavy atom. The summed E-state index contributed by atoms with van der Waals surface area (Å²) in [6, 6.07) is 4.94. The third kappa shape index (κ3) is 4.49. The Hall–Kier alpha value is -2.04. The average molecular weight is 337 g/mol. The van der Waals surface area contributed by atoms with Crippen molar-refractivity contribution < 1.29 is 18.0 Å². The van der Waals surface area contributed by atoms with E-state index in [1.165, 1.54) is 12.1 Å². The van der Waals surface area contributed by atoms with Gasteiger partial charge in [-0.2, -0.15) is 13.2 Å². The van der Waals surface area contributed by atoms with Gasteiger partial charge in [-0.1, -0.05) is 44.6 Å². The number of nitrogens with one attached hydrogen (secondary N) is 1. The second-order valence-electron chi connectivity index (χ2n) is 7.38. The SMILES string of the molecule is CC1=CC(c2ccc(C(F)(F)F)cc2)=C(C(=O)NCC(C)(C)C)C1. The Bertz CT molecular complexity index is 689. The van der Waals surface area contributed by atoms with Crippen molar-refractivity contribution in [2.75, 3.05) is 6.54 Å². The number of hydrogen-bond donors (Lipinski definition) is 1. The summed E-state index contributed by atoms with van der Waals surface area (Å²) in [4.78, 5) is 12.5. The van der Waals surface area contributed by atoms with Gasteiger partial charge >= 0.3 is 6.18 Å². The maximum Gasteiger partial charge on any atom is 0.416 e. The second kappa shape index (κ2) is 6.46. The van der Waals surface area contributed by atoms with Crippen LogP contribution in [0.2, 0.25) is 0 Å². The molecular weight excluding hydrogens is 315 g/mol. The Balaban J connectivity index is 2.28. The van der Waals surface area contributed by atoms with Crippen LogP contribution in [0.1, 0.15) is 45.2 Å². The summed E-state index contributed by atoms with van der Waals surface area (Å²) in [5, 5.41) is 2.91. The summed E-state index contributed by atoms with van der Waals surface area (Å²) in [5.41, 5.74) is 2.23. The lowest BCUT2D eigenvalue weighted by Gasteiger charge is -2.19. The van der Waals surface area contributed by atoms with Gasteiger partial charge in [-0.3, -0.25) is 4.79 Å². The van der Waals surface area contributed by atoms with Crippen LogP contribution in [0.5, 0.6) is 0 Å². The molecule has 0 spiro atoms. The fourth-order valence-electron chi connectivity index (χ4n) is 2.51. The maximum absolute atomic E-state index is 12.7. The number of benzene rings is 1. The van der Waals surface area contributed by atoms with Crippen LogP contribution in [0.15, 0.2) is 41.5 Å². The highest BCUT2D eigenvalue weighted by Crippen LogP contribution is 2.35. The Labute approximate surface area is 140 Å². The molecule has 0 fully saturated rings. The minimum Gasteiger partial charge on any atom is -0.352 e. The van der Waals surface area contributed by atoms with Crippen LogP contribution < -0.4 is 5.32 Å². The quantitative estimate of drug-likeness (QED) is 0.829. The van der Waals surface area contributed by atoms with E-state index < -0.39 is 11.7 Å². The minimum absolute atomic E-state index is 0.0359. The summed E-state index contributed by atoms with van der Waals surface area (Å²) in [6.45, 7) is 8.52. The smallest absolute Gasteiger partial charge is 0.352 e. The molecular formula is C19H22F3NO. The van der Waals surface area contributed by atoms with E-state index in [9.17, 15) is 18.0 Å². The van der Waals surface area contributed by atoms with Crippen molar-refractivity contribution >= 4 is 11.5 Å². The molecule has 0 bridgehead atoms. The number of alkyl halides is 3. The van der Waals surface area contributed by atoms with E-state index in [1.54, 1.807) is 0 Å². The number of amides is 1. The molecule has 5 heteroatoms. The number of carbonyl (C=O) groups excluding carboxylic acids is 1. The predicted molar refractivity (Wildman–Crippen MR) is 89.2 cm³/mol. The van der Waals surface area contributed by atoms with Crippen molar-refractivity contribution in [2.24, 2.45) is 5.41 Å². The Morgan fingerprint density at radius 1 is 1.12 bits per heavy atom. The molecule has 1 aromatic carbocycles. The average Bonchev–Trinajstić information content (AvgIpc) is 2.85. The van der Waals surface area contributed by atoms with Crippen LogP contribution in [0.3, 0.4) is 0 Å². The van der Waals surface area contributed by atoms with Gasteiger partial charge in [0.25, 0.3) is 0 Å². The van der Waals surface area contributed by atoms with Crippen molar-refractivity contribution in [3.8, 4) is 0 Å². The van der Waals surface area contributed by atoms with E-state index in [0.29, 0.717) is 29.7 Å². The lowest BCUT2D eigenvalue weighted by Crippen LogP contribution is -2.33. The molecule has 1 amide bonds. The molecule has 0 aromatic heterocycles. The number of allylic oxidation sites excluding steroid dienone is 3. The molecule has 0 saturated carbocycles. The van der Waals surface area contributed by atoms with E-state index >= 15 is 0 Å². The summed E-state index contributed by atoms with van der Waals surface area (Å²) in [5.74, 6) is -0.159. The molecule has 0 saturated heterocycles. The zero-order valence-electron chi connectivity index (χ0n) is 14.3. The largest absolute Gasteiger partial charge is 0.416 e. The zero-order valence-corrected chi connectivity index (χ0v) is 14.3. The molecule has 24 heavy (non-hydrogen) atoms. The fraction of sp³-hybridized carbons (Fsp3) is 0.421. The van der Waals surface area contributed by atoms with E-state index in [0.717, 1.165) is 17.7 Å². The molecule has 0 radical (unpaired) electrons. The summed E-state index contributed by atoms with van der Waals surface area (Å²) < 4.78 is 38.1. The van der Waals surface area contributed by atoms with Crippen LogP contribution in [-0.2, 0) is 11.0 Å². The van der Waals surface area contributed by atoms with Crippen LogP contribution >= 0.6 is 0 Å². The summed E-state index contributed by atoms with van der Waals surface area (Å²) >= 11 is 0. The van der Waals surface area contributed by atoms with Gasteiger partial charge in [0.15, 0.2) is 0 Å². The number of rotatable bonds is 3. The third-order valence-corrected chi connectivity index (χ3v) is 3.75. The molecule has 1 aliphatic carbocycles. The van der Waals surface area contributed by atoms with Crippen LogP contribution in [0.25, 0.3) is 5.57 Å². The molecule has 1 N–H and O–H groups in total. The maximum atomic E-state index is 12.7. The highest BCUT2D eigenvalue weighted by Gasteiger charge is 2.30. The molecule has 0 heterocycles. The Morgan fingerprint density at radius 2 is 1.71 bits per heavy atom. The van der Waals surface area contributed by atoms with E-state index in [2.05, 4.69) is 5.32 Å². The molecule has 0 atom stereocenters. The predicted octanol–water partition coefficient (Wildman–Crippen LogP) is 4.97. The monoisotopic (exact) mass is 337 g/mol. The van der Waals surface area contributed by atoms with Crippen molar-refractivity contribution in [3.05, 3.63) is 52.6 Å². The van der Waals surface area contributed by atoms with E-state index in [4.69, 9.17) is 0 Å². The molecule has 1 aliphatic rings. The first kappa shape index (κ1) is 18.3. The highest BCUT2D eigenvalue weighted by atomic mass is 19.4. The normalized spacial score (nSPS) is 15.5. The lowest BCUT2D eigenvalue weighted by atomic mass is 9.96. The van der Waals surface area contributed by atoms with Crippen molar-refractivity contribution in [2.45, 2.75) is 40.3 Å². The first-order chi connectivity index (χ1) is 11.0. The van der Waals surface area contributed by atoms with Crippen molar-refractivity contribution in [3.63, 3.8) is 0 Å². The molecule has 2 nitrogen and oxygen atoms in total. The van der Waals surface area contributed by atoms with Crippen LogP contribution in [0, 0.1) is 5.41 Å². The fourth-order valence-corrected chi connectivity index (χ4v) is 2.51. The van der Waals surface area contributed by atoms with Gasteiger partial charge in [-0.25, -0.2) is 0 Å². The van der Waals surface area contributed by atoms with Gasteiger partial charge in [-0.15, -0.1) is 0 Å². The van der Waals surface area contributed by atoms with Gasteiger partial charge in [0, 0.05) is 12.1 Å².